The molecule has 2 aromatic rings. The van der Waals surface area contributed by atoms with Gasteiger partial charge in [-0.3, -0.25) is 4.72 Å². The van der Waals surface area contributed by atoms with Gasteiger partial charge in [-0.25, -0.2) is 13.2 Å². The molecule has 8 heteroatoms. The molecule has 0 unspecified atom stereocenters. The van der Waals surface area contributed by atoms with Crippen molar-refractivity contribution in [2.24, 2.45) is 0 Å². The van der Waals surface area contributed by atoms with Gasteiger partial charge in [-0.1, -0.05) is 37.6 Å². The van der Waals surface area contributed by atoms with Crippen LogP contribution in [-0.2, 0) is 10.0 Å². The Kier molecular flexibility index (Phi) is 7.10. The summed E-state index contributed by atoms with van der Waals surface area (Å²) in [5, 5.41) is 9.70. The summed E-state index contributed by atoms with van der Waals surface area (Å²) in [5.41, 5.74) is 0.798. The first kappa shape index (κ1) is 21.1. The van der Waals surface area contributed by atoms with E-state index >= 15 is 0 Å². The topological polar surface area (TPSA) is 86.7 Å². The number of anilines is 2. The molecule has 0 bridgehead atoms. The van der Waals surface area contributed by atoms with Crippen LogP contribution in [0.15, 0.2) is 47.4 Å². The lowest BCUT2D eigenvalue weighted by molar-refractivity contribution is 0.0697. The highest BCUT2D eigenvalue weighted by Crippen LogP contribution is 2.28. The molecule has 0 radical (unpaired) electrons. The molecule has 0 aliphatic carbocycles. The summed E-state index contributed by atoms with van der Waals surface area (Å²) in [4.78, 5) is 13.7. The second-order valence-electron chi connectivity index (χ2n) is 6.06. The highest BCUT2D eigenvalue weighted by atomic mass is 35.5. The molecule has 0 amide bonds. The Labute approximate surface area is 164 Å². The molecule has 27 heavy (non-hydrogen) atoms. The zero-order valence-electron chi connectivity index (χ0n) is 15.3. The van der Waals surface area contributed by atoms with E-state index in [-0.39, 0.29) is 21.2 Å². The number of nitrogens with zero attached hydrogens (tertiary/aromatic N) is 1. The lowest BCUT2D eigenvalue weighted by Crippen LogP contribution is -2.27. The van der Waals surface area contributed by atoms with E-state index in [0.29, 0.717) is 5.69 Å². The largest absolute Gasteiger partial charge is 0.478 e. The van der Waals surface area contributed by atoms with Gasteiger partial charge < -0.3 is 10.0 Å². The number of benzene rings is 2. The number of carbonyl (C=O) groups is 1. The average molecular weight is 411 g/mol. The van der Waals surface area contributed by atoms with E-state index < -0.39 is 16.0 Å². The highest BCUT2D eigenvalue weighted by molar-refractivity contribution is 7.92. The van der Waals surface area contributed by atoms with Crippen LogP contribution < -0.4 is 9.62 Å². The first-order valence-corrected chi connectivity index (χ1v) is 10.6. The van der Waals surface area contributed by atoms with E-state index in [0.717, 1.165) is 25.9 Å². The molecular weight excluding hydrogens is 388 g/mol. The zero-order valence-corrected chi connectivity index (χ0v) is 16.8. The molecule has 6 nitrogen and oxygen atoms in total. The van der Waals surface area contributed by atoms with Gasteiger partial charge in [0, 0.05) is 18.8 Å². The van der Waals surface area contributed by atoms with E-state index in [4.69, 9.17) is 11.6 Å². The number of rotatable bonds is 9. The van der Waals surface area contributed by atoms with Crippen LogP contribution in [0.1, 0.15) is 37.0 Å². The van der Waals surface area contributed by atoms with Crippen molar-refractivity contribution in [3.63, 3.8) is 0 Å². The third-order valence-electron chi connectivity index (χ3n) is 3.93. The van der Waals surface area contributed by atoms with E-state index in [2.05, 4.69) is 4.72 Å². The normalized spacial score (nSPS) is 11.2. The summed E-state index contributed by atoms with van der Waals surface area (Å²) >= 11 is 5.97. The zero-order chi connectivity index (χ0) is 20.0. The number of hydrogen-bond acceptors (Lipinski definition) is 4. The first-order valence-electron chi connectivity index (χ1n) is 8.69. The fourth-order valence-electron chi connectivity index (χ4n) is 2.81. The van der Waals surface area contributed by atoms with E-state index in [9.17, 15) is 18.3 Å². The number of aromatic carboxylic acids is 1. The van der Waals surface area contributed by atoms with Crippen LogP contribution in [-0.4, -0.2) is 32.6 Å². The van der Waals surface area contributed by atoms with Crippen LogP contribution in [0, 0.1) is 0 Å². The van der Waals surface area contributed by atoms with Gasteiger partial charge in [0.25, 0.3) is 10.0 Å². The molecule has 0 atom stereocenters. The first-order chi connectivity index (χ1) is 12.8. The van der Waals surface area contributed by atoms with Gasteiger partial charge in [0.15, 0.2) is 0 Å². The third-order valence-corrected chi connectivity index (χ3v) is 5.81. The molecular formula is C19H23ClN2O4S. The average Bonchev–Trinajstić information content (AvgIpc) is 2.61. The maximum absolute atomic E-state index is 12.6. The molecule has 0 aliphatic rings. The summed E-state index contributed by atoms with van der Waals surface area (Å²) in [6.07, 6.45) is 1.75. The smallest absolute Gasteiger partial charge is 0.337 e. The van der Waals surface area contributed by atoms with Crippen LogP contribution in [0.4, 0.5) is 11.4 Å². The van der Waals surface area contributed by atoms with Crippen molar-refractivity contribution in [2.75, 3.05) is 22.7 Å². The minimum Gasteiger partial charge on any atom is -0.478 e. The predicted octanol–water partition coefficient (Wildman–Crippen LogP) is 4.47. The van der Waals surface area contributed by atoms with E-state index in [1.165, 1.54) is 18.2 Å². The Morgan fingerprint density at radius 3 is 2.30 bits per heavy atom. The monoisotopic (exact) mass is 410 g/mol. The number of carboxylic acids is 1. The summed E-state index contributed by atoms with van der Waals surface area (Å²) in [7, 11) is -3.93. The van der Waals surface area contributed by atoms with Crippen LogP contribution in [0.5, 0.6) is 0 Å². The quantitative estimate of drug-likeness (QED) is 0.637. The van der Waals surface area contributed by atoms with Gasteiger partial charge >= 0.3 is 5.97 Å². The summed E-state index contributed by atoms with van der Waals surface area (Å²) in [6, 6.07) is 10.6. The molecule has 0 spiro atoms. The van der Waals surface area contributed by atoms with Crippen LogP contribution in [0.2, 0.25) is 5.02 Å². The fraction of sp³-hybridized carbons (Fsp3) is 0.316. The lowest BCUT2D eigenvalue weighted by atomic mass is 10.1. The number of halogens is 1. The number of hydrogen-bond donors (Lipinski definition) is 2. The molecule has 2 rings (SSSR count). The highest BCUT2D eigenvalue weighted by Gasteiger charge is 2.20. The van der Waals surface area contributed by atoms with Crippen LogP contribution in [0.25, 0.3) is 0 Å². The van der Waals surface area contributed by atoms with E-state index in [1.807, 2.05) is 18.7 Å². The van der Waals surface area contributed by atoms with Crippen LogP contribution in [0.3, 0.4) is 0 Å². The summed E-state index contributed by atoms with van der Waals surface area (Å²) < 4.78 is 27.6. The van der Waals surface area contributed by atoms with Gasteiger partial charge in [0.1, 0.15) is 4.90 Å². The summed E-state index contributed by atoms with van der Waals surface area (Å²) in [6.45, 7) is 5.49. The maximum Gasteiger partial charge on any atom is 0.337 e. The van der Waals surface area contributed by atoms with Crippen molar-refractivity contribution in [1.29, 1.82) is 0 Å². The Morgan fingerprint density at radius 2 is 1.74 bits per heavy atom. The second-order valence-corrected chi connectivity index (χ2v) is 8.12. The maximum atomic E-state index is 12.6. The van der Waals surface area contributed by atoms with Crippen molar-refractivity contribution in [3.8, 4) is 0 Å². The fourth-order valence-corrected chi connectivity index (χ4v) is 4.38. The molecule has 0 heterocycles. The van der Waals surface area contributed by atoms with Gasteiger partial charge in [-0.15, -0.1) is 0 Å². The minimum atomic E-state index is -3.93. The van der Waals surface area contributed by atoms with Crippen LogP contribution >= 0.6 is 11.6 Å². The van der Waals surface area contributed by atoms with Crippen molar-refractivity contribution in [1.82, 2.24) is 0 Å². The van der Waals surface area contributed by atoms with Gasteiger partial charge in [0.2, 0.25) is 0 Å². The van der Waals surface area contributed by atoms with Gasteiger partial charge in [0.05, 0.1) is 16.3 Å². The number of sulfonamides is 1. The number of nitrogens with one attached hydrogen (secondary N) is 1. The molecule has 146 valence electrons. The Balaban J connectivity index is 2.41. The summed E-state index contributed by atoms with van der Waals surface area (Å²) in [5.74, 6) is -1.11. The SMILES string of the molecule is CCCN(CCC)c1ccc(NS(=O)(=O)c2ccccc2Cl)cc1C(=O)O. The molecule has 0 aromatic heterocycles. The molecule has 0 aliphatic heterocycles. The van der Waals surface area contributed by atoms with Gasteiger partial charge in [-0.2, -0.15) is 0 Å². The molecule has 0 saturated heterocycles. The van der Waals surface area contributed by atoms with Crippen molar-refractivity contribution in [2.45, 2.75) is 31.6 Å². The predicted molar refractivity (Wildman–Crippen MR) is 108 cm³/mol. The second kappa shape index (κ2) is 9.10. The molecule has 0 saturated carbocycles. The van der Waals surface area contributed by atoms with Crippen molar-refractivity contribution >= 4 is 39.0 Å². The Bertz CT molecular complexity index is 910. The standard InChI is InChI=1S/C19H23ClN2O4S/c1-3-11-22(12-4-2)17-10-9-14(13-15(17)19(23)24)21-27(25,26)18-8-6-5-7-16(18)20/h5-10,13,21H,3-4,11-12H2,1-2H3,(H,23,24). The van der Waals surface area contributed by atoms with Crippen molar-refractivity contribution in [3.05, 3.63) is 53.1 Å². The van der Waals surface area contributed by atoms with Crippen molar-refractivity contribution < 1.29 is 18.3 Å². The Hall–Kier alpha value is -2.25. The lowest BCUT2D eigenvalue weighted by Gasteiger charge is -2.25. The molecule has 2 aromatic carbocycles. The number of carboxylic acid groups (broad SMARTS) is 1. The Morgan fingerprint density at radius 1 is 1.11 bits per heavy atom. The van der Waals surface area contributed by atoms with E-state index in [1.54, 1.807) is 24.3 Å². The third kappa shape index (κ3) is 5.14. The molecule has 0 fully saturated rings. The minimum absolute atomic E-state index is 0.0521. The molecule has 2 N–H and O–H groups in total. The van der Waals surface area contributed by atoms with Gasteiger partial charge in [-0.05, 0) is 43.2 Å².